The fourth-order valence-electron chi connectivity index (χ4n) is 3.74. The molecule has 1 saturated heterocycles. The predicted molar refractivity (Wildman–Crippen MR) is 106 cm³/mol. The van der Waals surface area contributed by atoms with Crippen molar-refractivity contribution in [2.45, 2.75) is 32.1 Å². The summed E-state index contributed by atoms with van der Waals surface area (Å²) >= 11 is 0. The first-order chi connectivity index (χ1) is 13.5. The van der Waals surface area contributed by atoms with Crippen molar-refractivity contribution in [3.05, 3.63) is 71.3 Å². The van der Waals surface area contributed by atoms with E-state index >= 15 is 0 Å². The average molecular weight is 379 g/mol. The van der Waals surface area contributed by atoms with Gasteiger partial charge in [0.25, 0.3) is 0 Å². The summed E-state index contributed by atoms with van der Waals surface area (Å²) in [6, 6.07) is 16.9. The number of rotatable bonds is 7. The molecule has 2 aromatic carbocycles. The molecule has 2 atom stereocenters. The van der Waals surface area contributed by atoms with Gasteiger partial charge < -0.3 is 10.0 Å². The maximum atomic E-state index is 12.6. The molecule has 0 aromatic heterocycles. The summed E-state index contributed by atoms with van der Waals surface area (Å²) in [7, 11) is 0. The van der Waals surface area contributed by atoms with E-state index in [4.69, 9.17) is 0 Å². The lowest BCUT2D eigenvalue weighted by atomic mass is 9.89. The van der Waals surface area contributed by atoms with Crippen molar-refractivity contribution in [3.63, 3.8) is 0 Å². The number of Topliss-reactive ketones (excluding diaryl/α,β-unsaturated/α-hetero) is 1. The molecular weight excluding hydrogens is 354 g/mol. The van der Waals surface area contributed by atoms with Crippen LogP contribution in [0.4, 0.5) is 0 Å². The monoisotopic (exact) mass is 379 g/mol. The van der Waals surface area contributed by atoms with Crippen molar-refractivity contribution in [3.8, 4) is 0 Å². The molecule has 0 saturated carbocycles. The van der Waals surface area contributed by atoms with Crippen LogP contribution < -0.4 is 0 Å². The van der Waals surface area contributed by atoms with Crippen LogP contribution in [0.1, 0.15) is 47.2 Å². The van der Waals surface area contributed by atoms with Crippen molar-refractivity contribution in [1.82, 2.24) is 4.90 Å². The van der Waals surface area contributed by atoms with Crippen LogP contribution in [0, 0.1) is 5.92 Å². The number of carbonyl (C=O) groups excluding carboxylic acids is 2. The van der Waals surface area contributed by atoms with Crippen LogP contribution in [-0.2, 0) is 16.0 Å². The SMILES string of the molecule is CCc1ccc(C(=O)CCC(=O)N2CC(C(=O)O)C(c3ccccc3)C2)cc1. The number of carboxylic acid groups (broad SMARTS) is 1. The molecule has 0 radical (unpaired) electrons. The summed E-state index contributed by atoms with van der Waals surface area (Å²) in [5, 5.41) is 9.56. The van der Waals surface area contributed by atoms with Crippen molar-refractivity contribution in [2.75, 3.05) is 13.1 Å². The molecule has 1 aliphatic heterocycles. The zero-order valence-electron chi connectivity index (χ0n) is 16.0. The van der Waals surface area contributed by atoms with E-state index in [1.165, 1.54) is 0 Å². The molecule has 2 aromatic rings. The van der Waals surface area contributed by atoms with E-state index in [9.17, 15) is 19.5 Å². The number of nitrogens with zero attached hydrogens (tertiary/aromatic N) is 1. The van der Waals surface area contributed by atoms with Crippen LogP contribution in [-0.4, -0.2) is 40.8 Å². The molecule has 146 valence electrons. The number of hydrogen-bond acceptors (Lipinski definition) is 3. The standard InChI is InChI=1S/C23H25NO4/c1-2-16-8-10-18(11-9-16)21(25)12-13-22(26)24-14-19(20(15-24)23(27)28)17-6-4-3-5-7-17/h3-11,19-20H,2,12-15H2,1H3,(H,27,28). The third kappa shape index (κ3) is 4.47. The number of aliphatic carboxylic acids is 1. The highest BCUT2D eigenvalue weighted by atomic mass is 16.4. The molecule has 1 aliphatic rings. The van der Waals surface area contributed by atoms with E-state index < -0.39 is 11.9 Å². The van der Waals surface area contributed by atoms with Crippen molar-refractivity contribution >= 4 is 17.7 Å². The minimum atomic E-state index is -0.892. The number of amides is 1. The molecular formula is C23H25NO4. The van der Waals surface area contributed by atoms with Gasteiger partial charge in [-0.25, -0.2) is 0 Å². The van der Waals surface area contributed by atoms with E-state index in [2.05, 4.69) is 6.92 Å². The van der Waals surface area contributed by atoms with Gasteiger partial charge in [0.05, 0.1) is 5.92 Å². The Morgan fingerprint density at radius 3 is 2.25 bits per heavy atom. The van der Waals surface area contributed by atoms with Crippen LogP contribution in [0.15, 0.2) is 54.6 Å². The van der Waals surface area contributed by atoms with Crippen LogP contribution in [0.25, 0.3) is 0 Å². The summed E-state index contributed by atoms with van der Waals surface area (Å²) in [6.45, 7) is 2.62. The summed E-state index contributed by atoms with van der Waals surface area (Å²) in [4.78, 5) is 38.2. The van der Waals surface area contributed by atoms with E-state index in [0.29, 0.717) is 12.1 Å². The Balaban J connectivity index is 1.61. The maximum Gasteiger partial charge on any atom is 0.308 e. The first kappa shape index (κ1) is 19.8. The normalized spacial score (nSPS) is 18.8. The lowest BCUT2D eigenvalue weighted by Crippen LogP contribution is -2.30. The lowest BCUT2D eigenvalue weighted by Gasteiger charge is -2.16. The summed E-state index contributed by atoms with van der Waals surface area (Å²) < 4.78 is 0. The first-order valence-corrected chi connectivity index (χ1v) is 9.67. The van der Waals surface area contributed by atoms with Crippen LogP contribution in [0.3, 0.4) is 0 Å². The predicted octanol–water partition coefficient (Wildman–Crippen LogP) is 3.54. The smallest absolute Gasteiger partial charge is 0.308 e. The van der Waals surface area contributed by atoms with Gasteiger partial charge in [-0.1, -0.05) is 61.5 Å². The minimum Gasteiger partial charge on any atom is -0.481 e. The topological polar surface area (TPSA) is 74.7 Å². The Kier molecular flexibility index (Phi) is 6.24. The molecule has 28 heavy (non-hydrogen) atoms. The van der Waals surface area contributed by atoms with Gasteiger partial charge in [0.2, 0.25) is 5.91 Å². The fraction of sp³-hybridized carbons (Fsp3) is 0.348. The minimum absolute atomic E-state index is 0.0652. The lowest BCUT2D eigenvalue weighted by molar-refractivity contribution is -0.141. The highest BCUT2D eigenvalue weighted by molar-refractivity contribution is 5.98. The van der Waals surface area contributed by atoms with Gasteiger partial charge in [-0.2, -0.15) is 0 Å². The molecule has 5 nitrogen and oxygen atoms in total. The Hall–Kier alpha value is -2.95. The molecule has 5 heteroatoms. The molecule has 0 spiro atoms. The fourth-order valence-corrected chi connectivity index (χ4v) is 3.74. The number of aryl methyl sites for hydroxylation is 1. The zero-order valence-corrected chi connectivity index (χ0v) is 16.0. The third-order valence-corrected chi connectivity index (χ3v) is 5.47. The molecule has 2 unspecified atom stereocenters. The van der Waals surface area contributed by atoms with Gasteiger partial charge in [-0.05, 0) is 17.5 Å². The van der Waals surface area contributed by atoms with Gasteiger partial charge in [0.15, 0.2) is 5.78 Å². The average Bonchev–Trinajstić information content (AvgIpc) is 3.18. The molecule has 1 heterocycles. The Morgan fingerprint density at radius 1 is 0.964 bits per heavy atom. The van der Waals surface area contributed by atoms with Crippen LogP contribution in [0.5, 0.6) is 0 Å². The number of benzene rings is 2. The number of carbonyl (C=O) groups is 3. The van der Waals surface area contributed by atoms with E-state index in [-0.39, 0.29) is 37.0 Å². The Morgan fingerprint density at radius 2 is 1.64 bits per heavy atom. The highest BCUT2D eigenvalue weighted by Gasteiger charge is 2.40. The van der Waals surface area contributed by atoms with Gasteiger partial charge >= 0.3 is 5.97 Å². The highest BCUT2D eigenvalue weighted by Crippen LogP contribution is 2.33. The van der Waals surface area contributed by atoms with Crippen LogP contribution in [0.2, 0.25) is 0 Å². The van der Waals surface area contributed by atoms with Gasteiger partial charge in [0, 0.05) is 37.4 Å². The first-order valence-electron chi connectivity index (χ1n) is 9.67. The number of hydrogen-bond donors (Lipinski definition) is 1. The largest absolute Gasteiger partial charge is 0.481 e. The van der Waals surface area contributed by atoms with E-state index in [1.807, 2.05) is 42.5 Å². The van der Waals surface area contributed by atoms with Crippen molar-refractivity contribution in [1.29, 1.82) is 0 Å². The Labute approximate surface area is 165 Å². The molecule has 1 amide bonds. The third-order valence-electron chi connectivity index (χ3n) is 5.47. The summed E-state index contributed by atoms with van der Waals surface area (Å²) in [6.07, 6.45) is 1.14. The summed E-state index contributed by atoms with van der Waals surface area (Å²) in [5.74, 6) is -1.97. The van der Waals surface area contributed by atoms with Crippen LogP contribution >= 0.6 is 0 Å². The Bertz CT molecular complexity index is 845. The van der Waals surface area contributed by atoms with Gasteiger partial charge in [-0.15, -0.1) is 0 Å². The second-order valence-corrected chi connectivity index (χ2v) is 7.23. The summed E-state index contributed by atoms with van der Waals surface area (Å²) in [5.41, 5.74) is 2.70. The molecule has 3 rings (SSSR count). The number of carboxylic acids is 1. The van der Waals surface area contributed by atoms with E-state index in [1.54, 1.807) is 17.0 Å². The van der Waals surface area contributed by atoms with Crippen molar-refractivity contribution in [2.24, 2.45) is 5.92 Å². The molecule has 0 bridgehead atoms. The zero-order chi connectivity index (χ0) is 20.1. The molecule has 1 N–H and O–H groups in total. The quantitative estimate of drug-likeness (QED) is 0.747. The number of ketones is 1. The second kappa shape index (κ2) is 8.83. The van der Waals surface area contributed by atoms with Crippen molar-refractivity contribution < 1.29 is 19.5 Å². The molecule has 0 aliphatic carbocycles. The van der Waals surface area contributed by atoms with Gasteiger partial charge in [-0.3, -0.25) is 14.4 Å². The molecule has 1 fully saturated rings. The number of likely N-dealkylation sites (tertiary alicyclic amines) is 1. The van der Waals surface area contributed by atoms with E-state index in [0.717, 1.165) is 17.5 Å². The second-order valence-electron chi connectivity index (χ2n) is 7.23. The van der Waals surface area contributed by atoms with Gasteiger partial charge in [0.1, 0.15) is 0 Å². The maximum absolute atomic E-state index is 12.6.